The van der Waals surface area contributed by atoms with Crippen LogP contribution in [0.4, 0.5) is 20.8 Å². The third-order valence-corrected chi connectivity index (χ3v) is 10.2. The summed E-state index contributed by atoms with van der Waals surface area (Å²) in [7, 11) is -1.37. The summed E-state index contributed by atoms with van der Waals surface area (Å²) in [5.41, 5.74) is 1.03. The monoisotopic (exact) mass is 628 g/mol. The molecule has 2 aliphatic rings. The normalized spacial score (nSPS) is 17.3. The Kier molecular flexibility index (Phi) is 8.56. The van der Waals surface area contributed by atoms with Gasteiger partial charge in [0.05, 0.1) is 27.0 Å². The maximum atomic E-state index is 15.8. The predicted molar refractivity (Wildman–Crippen MR) is 171 cm³/mol. The first-order chi connectivity index (χ1) is 20.2. The van der Waals surface area contributed by atoms with Crippen molar-refractivity contribution in [3.63, 3.8) is 0 Å². The fraction of sp³-hybridized carbons (Fsp3) is 0.548. The molecule has 232 valence electrons. The molecule has 1 saturated heterocycles. The smallest absolute Gasteiger partial charge is 0.410 e. The zero-order valence-electron chi connectivity index (χ0n) is 25.9. The molecule has 3 aromatic rings. The van der Waals surface area contributed by atoms with Gasteiger partial charge in [-0.2, -0.15) is 0 Å². The van der Waals surface area contributed by atoms with E-state index < -0.39 is 22.4 Å². The number of likely N-dealkylation sites (tertiary alicyclic amines) is 1. The standard InChI is InChI=1S/C31H41FN6O3S2/c1-8-14-43(40)37-21-11-9-10-20(23(21)32)24-25(42-26(36-24)29(2,3)4)22-12-13-33-27(35-22)34-19-15-31(16-19)17-38(18-31)28(39)41-30(5,6)7/h9-13,19,37H,8,14-18H2,1-7H3,(H,33,34,35). The first kappa shape index (κ1) is 31.3. The minimum atomic E-state index is -1.37. The lowest BCUT2D eigenvalue weighted by atomic mass is 9.61. The van der Waals surface area contributed by atoms with Crippen molar-refractivity contribution in [3.05, 3.63) is 41.3 Å². The molecule has 1 amide bonds. The van der Waals surface area contributed by atoms with Gasteiger partial charge >= 0.3 is 6.09 Å². The Morgan fingerprint density at radius 1 is 1.16 bits per heavy atom. The molecule has 2 N–H and O–H groups in total. The van der Waals surface area contributed by atoms with Crippen molar-refractivity contribution >= 4 is 40.1 Å². The number of amides is 1. The fourth-order valence-corrected chi connectivity index (χ4v) is 7.43. The Labute approximate surface area is 259 Å². The van der Waals surface area contributed by atoms with Crippen molar-refractivity contribution in [1.29, 1.82) is 0 Å². The van der Waals surface area contributed by atoms with E-state index in [1.54, 1.807) is 29.3 Å². The van der Waals surface area contributed by atoms with E-state index in [0.29, 0.717) is 41.7 Å². The van der Waals surface area contributed by atoms with Crippen LogP contribution in [0.2, 0.25) is 0 Å². The van der Waals surface area contributed by atoms with Crippen molar-refractivity contribution in [2.24, 2.45) is 5.41 Å². The Hall–Kier alpha value is -3.12. The number of nitrogens with one attached hydrogen (secondary N) is 2. The Morgan fingerprint density at radius 3 is 2.53 bits per heavy atom. The number of nitrogens with zero attached hydrogens (tertiary/aromatic N) is 4. The summed E-state index contributed by atoms with van der Waals surface area (Å²) in [6.45, 7) is 15.2. The molecule has 9 nitrogen and oxygen atoms in total. The number of carbonyl (C=O) groups is 1. The first-order valence-electron chi connectivity index (χ1n) is 14.7. The lowest BCUT2D eigenvalue weighted by Crippen LogP contribution is -2.66. The third-order valence-electron chi connectivity index (χ3n) is 7.42. The highest BCUT2D eigenvalue weighted by molar-refractivity contribution is 7.86. The average molecular weight is 629 g/mol. The summed E-state index contributed by atoms with van der Waals surface area (Å²) in [6.07, 6.45) is 4.01. The van der Waals surface area contributed by atoms with Gasteiger partial charge in [-0.1, -0.05) is 33.8 Å². The molecule has 2 aromatic heterocycles. The van der Waals surface area contributed by atoms with E-state index in [4.69, 9.17) is 14.7 Å². The van der Waals surface area contributed by atoms with Crippen LogP contribution in [0.5, 0.6) is 0 Å². The van der Waals surface area contributed by atoms with Crippen LogP contribution in [-0.2, 0) is 21.1 Å². The molecule has 12 heteroatoms. The van der Waals surface area contributed by atoms with E-state index in [1.165, 1.54) is 11.3 Å². The summed E-state index contributed by atoms with van der Waals surface area (Å²) >= 11 is 1.49. The van der Waals surface area contributed by atoms with Crippen molar-refractivity contribution in [2.45, 2.75) is 84.8 Å². The fourth-order valence-electron chi connectivity index (χ4n) is 5.45. The minimum Gasteiger partial charge on any atom is -0.444 e. The van der Waals surface area contributed by atoms with Gasteiger partial charge in [-0.05, 0) is 58.2 Å². The third kappa shape index (κ3) is 7.01. The maximum Gasteiger partial charge on any atom is 0.410 e. The number of aromatic nitrogens is 3. The second-order valence-electron chi connectivity index (χ2n) is 13.6. The molecule has 1 atom stereocenters. The number of benzene rings is 1. The Balaban J connectivity index is 1.34. The SMILES string of the molecule is CCCS(=O)Nc1cccc(-c2nc(C(C)(C)C)sc2-c2ccnc(NC3CC4(C3)CN(C(=O)OC(C)(C)C)C4)n2)c1F. The molecular formula is C31H41FN6O3S2. The highest BCUT2D eigenvalue weighted by Gasteiger charge is 2.54. The summed E-state index contributed by atoms with van der Waals surface area (Å²) in [5.74, 6) is 0.441. The van der Waals surface area contributed by atoms with E-state index >= 15 is 4.39 Å². The summed E-state index contributed by atoms with van der Waals surface area (Å²) in [6, 6.07) is 7.05. The quantitative estimate of drug-likeness (QED) is 0.276. The van der Waals surface area contributed by atoms with E-state index in [1.807, 2.05) is 33.8 Å². The maximum absolute atomic E-state index is 15.8. The number of hydrogen-bond acceptors (Lipinski definition) is 8. The van der Waals surface area contributed by atoms with Crippen LogP contribution in [0.1, 0.15) is 72.7 Å². The molecule has 1 saturated carbocycles. The highest BCUT2D eigenvalue weighted by atomic mass is 32.2. The summed E-state index contributed by atoms with van der Waals surface area (Å²) in [5, 5.41) is 4.31. The molecular weight excluding hydrogens is 588 g/mol. The largest absolute Gasteiger partial charge is 0.444 e. The van der Waals surface area contributed by atoms with Gasteiger partial charge in [-0.3, -0.25) is 0 Å². The zero-order chi connectivity index (χ0) is 31.2. The molecule has 2 fully saturated rings. The van der Waals surface area contributed by atoms with Crippen LogP contribution < -0.4 is 10.0 Å². The molecule has 1 aromatic carbocycles. The van der Waals surface area contributed by atoms with E-state index in [9.17, 15) is 9.00 Å². The number of ether oxygens (including phenoxy) is 1. The highest BCUT2D eigenvalue weighted by Crippen LogP contribution is 2.49. The van der Waals surface area contributed by atoms with E-state index in [-0.39, 0.29) is 28.7 Å². The number of carbonyl (C=O) groups excluding carboxylic acids is 1. The zero-order valence-corrected chi connectivity index (χ0v) is 27.5. The van der Waals surface area contributed by atoms with Crippen LogP contribution >= 0.6 is 11.3 Å². The van der Waals surface area contributed by atoms with Crippen LogP contribution in [0.3, 0.4) is 0 Å². The molecule has 3 heterocycles. The molecule has 43 heavy (non-hydrogen) atoms. The minimum absolute atomic E-state index is 0.121. The van der Waals surface area contributed by atoms with Crippen LogP contribution in [0.25, 0.3) is 21.8 Å². The Morgan fingerprint density at radius 2 is 1.88 bits per heavy atom. The molecule has 0 bridgehead atoms. The second kappa shape index (κ2) is 11.8. The van der Waals surface area contributed by atoms with Gasteiger partial charge in [-0.25, -0.2) is 28.3 Å². The molecule has 1 aliphatic heterocycles. The van der Waals surface area contributed by atoms with Gasteiger partial charge < -0.3 is 19.7 Å². The number of hydrogen-bond donors (Lipinski definition) is 2. The van der Waals surface area contributed by atoms with E-state index in [2.05, 4.69) is 35.8 Å². The van der Waals surface area contributed by atoms with Crippen molar-refractivity contribution in [1.82, 2.24) is 19.9 Å². The molecule has 0 radical (unpaired) electrons. The average Bonchev–Trinajstić information content (AvgIpc) is 3.31. The molecule has 1 unspecified atom stereocenters. The van der Waals surface area contributed by atoms with Crippen molar-refractivity contribution < 1.29 is 18.1 Å². The summed E-state index contributed by atoms with van der Waals surface area (Å²) < 4.78 is 36.4. The lowest BCUT2D eigenvalue weighted by Gasteiger charge is -2.58. The van der Waals surface area contributed by atoms with Crippen molar-refractivity contribution in [2.75, 3.05) is 28.9 Å². The van der Waals surface area contributed by atoms with Crippen molar-refractivity contribution in [3.8, 4) is 21.8 Å². The van der Waals surface area contributed by atoms with Crippen LogP contribution in [0.15, 0.2) is 30.5 Å². The molecule has 1 spiro atoms. The van der Waals surface area contributed by atoms with Crippen LogP contribution in [-0.4, -0.2) is 60.6 Å². The summed E-state index contributed by atoms with van der Waals surface area (Å²) in [4.78, 5) is 29.0. The first-order valence-corrected chi connectivity index (χ1v) is 16.8. The van der Waals surface area contributed by atoms with Gasteiger partial charge in [0.2, 0.25) is 5.95 Å². The topological polar surface area (TPSA) is 109 Å². The van der Waals surface area contributed by atoms with Gasteiger partial charge in [0.1, 0.15) is 16.6 Å². The second-order valence-corrected chi connectivity index (χ2v) is 15.9. The van der Waals surface area contributed by atoms with Gasteiger partial charge in [0, 0.05) is 47.5 Å². The van der Waals surface area contributed by atoms with Gasteiger partial charge in [0.15, 0.2) is 5.82 Å². The number of anilines is 2. The van der Waals surface area contributed by atoms with E-state index in [0.717, 1.165) is 29.1 Å². The number of halogens is 1. The van der Waals surface area contributed by atoms with Gasteiger partial charge in [0.25, 0.3) is 0 Å². The number of rotatable bonds is 8. The van der Waals surface area contributed by atoms with Crippen LogP contribution in [0, 0.1) is 11.2 Å². The lowest BCUT2D eigenvalue weighted by molar-refractivity contribution is -0.0739. The Bertz CT molecular complexity index is 1520. The van der Waals surface area contributed by atoms with Gasteiger partial charge in [-0.15, -0.1) is 11.3 Å². The number of thiazole rings is 1. The molecule has 5 rings (SSSR count). The predicted octanol–water partition coefficient (Wildman–Crippen LogP) is 7.00. The molecule has 1 aliphatic carbocycles.